The van der Waals surface area contributed by atoms with Gasteiger partial charge in [0.25, 0.3) is 0 Å². The molecular weight excluding hydrogens is 288 g/mol. The second-order valence-corrected chi connectivity index (χ2v) is 5.27. The van der Waals surface area contributed by atoms with Gasteiger partial charge in [-0.1, -0.05) is 11.2 Å². The van der Waals surface area contributed by atoms with Gasteiger partial charge >= 0.3 is 0 Å². The Morgan fingerprint density at radius 1 is 1.48 bits per heavy atom. The van der Waals surface area contributed by atoms with Gasteiger partial charge in [-0.15, -0.1) is 0 Å². The van der Waals surface area contributed by atoms with Crippen LogP contribution in [0.3, 0.4) is 0 Å². The number of fused-ring (bicyclic) bond motifs is 1. The highest BCUT2D eigenvalue weighted by atomic mass is 32.2. The zero-order valence-electron chi connectivity index (χ0n) is 11.1. The summed E-state index contributed by atoms with van der Waals surface area (Å²) in [6, 6.07) is 5.22. The second-order valence-electron chi connectivity index (χ2n) is 4.46. The van der Waals surface area contributed by atoms with Gasteiger partial charge in [0.1, 0.15) is 0 Å². The molecule has 0 radical (unpaired) electrons. The van der Waals surface area contributed by atoms with Crippen LogP contribution >= 0.6 is 12.1 Å². The summed E-state index contributed by atoms with van der Waals surface area (Å²) in [5.41, 5.74) is 2.34. The van der Waals surface area contributed by atoms with E-state index >= 15 is 0 Å². The molecule has 0 bridgehead atoms. The van der Waals surface area contributed by atoms with Crippen LogP contribution in [-0.2, 0) is 4.79 Å². The molecule has 0 saturated carbocycles. The van der Waals surface area contributed by atoms with Crippen LogP contribution in [0.1, 0.15) is 11.4 Å². The number of rotatable bonds is 3. The quantitative estimate of drug-likeness (QED) is 0.384. The van der Waals surface area contributed by atoms with E-state index in [-0.39, 0.29) is 11.5 Å². The number of oxime groups is 1. The number of aromatic nitrogens is 1. The lowest BCUT2D eigenvalue weighted by molar-refractivity contribution is -0.109. The molecule has 0 fully saturated rings. The molecule has 6 nitrogen and oxygen atoms in total. The first-order chi connectivity index (χ1) is 10.2. The molecule has 0 unspecified atom stereocenters. The number of hydrogen-bond acceptors (Lipinski definition) is 7. The first-order valence-electron chi connectivity index (χ1n) is 6.21. The van der Waals surface area contributed by atoms with E-state index in [0.717, 1.165) is 11.4 Å². The van der Waals surface area contributed by atoms with Crippen molar-refractivity contribution in [2.45, 2.75) is 6.92 Å². The number of ketones is 1. The van der Waals surface area contributed by atoms with Crippen LogP contribution in [0.4, 0.5) is 0 Å². The molecule has 1 aromatic rings. The third-order valence-corrected chi connectivity index (χ3v) is 3.77. The van der Waals surface area contributed by atoms with Gasteiger partial charge in [0.15, 0.2) is 5.71 Å². The summed E-state index contributed by atoms with van der Waals surface area (Å²) in [6.07, 6.45) is 6.99. The van der Waals surface area contributed by atoms with Gasteiger partial charge in [-0.2, -0.15) is 0 Å². The summed E-state index contributed by atoms with van der Waals surface area (Å²) in [5.74, 6) is -0.371. The third kappa shape index (κ3) is 2.55. The minimum Gasteiger partial charge on any atom is -0.410 e. The summed E-state index contributed by atoms with van der Waals surface area (Å²) in [5, 5.41) is 12.3. The number of hydrogen-bond donors (Lipinski definition) is 2. The Balaban J connectivity index is 1.92. The van der Waals surface area contributed by atoms with Crippen molar-refractivity contribution in [1.29, 1.82) is 0 Å². The van der Waals surface area contributed by atoms with E-state index in [4.69, 9.17) is 0 Å². The molecule has 2 aliphatic heterocycles. The Hall–Kier alpha value is -2.54. The number of pyridine rings is 1. The Kier molecular flexibility index (Phi) is 3.49. The van der Waals surface area contributed by atoms with Gasteiger partial charge in [0.2, 0.25) is 5.78 Å². The standard InChI is InChI=1S/C14H12N4O2S/c1-9-3-2-4-12(16-9)13(17-20)14(19)10-5-6-18-11(7-10)8-15-21-18/h2-8,15,20H,1H3. The van der Waals surface area contributed by atoms with Gasteiger partial charge in [0, 0.05) is 23.7 Å². The summed E-state index contributed by atoms with van der Waals surface area (Å²) >= 11 is 1.41. The fraction of sp³-hybridized carbons (Fsp3) is 0.0714. The van der Waals surface area contributed by atoms with Crippen molar-refractivity contribution in [2.24, 2.45) is 5.16 Å². The molecule has 0 amide bonds. The number of carbonyl (C=O) groups is 1. The van der Waals surface area contributed by atoms with Crippen LogP contribution in [0.2, 0.25) is 0 Å². The average Bonchev–Trinajstić information content (AvgIpc) is 2.95. The maximum absolute atomic E-state index is 12.5. The molecule has 1 aromatic heterocycles. The number of nitrogens with one attached hydrogen (secondary N) is 1. The molecule has 3 rings (SSSR count). The lowest BCUT2D eigenvalue weighted by Gasteiger charge is -2.16. The molecule has 0 atom stereocenters. The van der Waals surface area contributed by atoms with Crippen molar-refractivity contribution in [2.75, 3.05) is 0 Å². The van der Waals surface area contributed by atoms with Gasteiger partial charge in [-0.3, -0.25) is 14.1 Å². The van der Waals surface area contributed by atoms with E-state index in [0.29, 0.717) is 11.3 Å². The van der Waals surface area contributed by atoms with Crippen molar-refractivity contribution in [1.82, 2.24) is 14.0 Å². The molecule has 2 aliphatic rings. The highest BCUT2D eigenvalue weighted by Crippen LogP contribution is 2.28. The molecule has 106 valence electrons. The molecule has 7 heteroatoms. The normalized spacial score (nSPS) is 17.0. The van der Waals surface area contributed by atoms with E-state index < -0.39 is 0 Å². The van der Waals surface area contributed by atoms with Crippen molar-refractivity contribution < 1.29 is 10.0 Å². The largest absolute Gasteiger partial charge is 0.410 e. The SMILES string of the molecule is Cc1cccc(C(=NO)C(=O)C2=CC3=CNSN3C=C2)n1. The van der Waals surface area contributed by atoms with E-state index in [2.05, 4.69) is 14.9 Å². The van der Waals surface area contributed by atoms with Gasteiger partial charge in [0.05, 0.1) is 23.5 Å². The maximum Gasteiger partial charge on any atom is 0.217 e. The first-order valence-corrected chi connectivity index (χ1v) is 6.99. The Morgan fingerprint density at radius 2 is 2.33 bits per heavy atom. The lowest BCUT2D eigenvalue weighted by Crippen LogP contribution is -2.21. The molecule has 0 spiro atoms. The lowest BCUT2D eigenvalue weighted by atomic mass is 10.0. The van der Waals surface area contributed by atoms with Crippen LogP contribution < -0.4 is 4.72 Å². The minimum atomic E-state index is -0.371. The number of Topliss-reactive ketones (excluding diaryl/α,β-unsaturated/α-hetero) is 1. The smallest absolute Gasteiger partial charge is 0.217 e. The van der Waals surface area contributed by atoms with E-state index in [9.17, 15) is 10.0 Å². The van der Waals surface area contributed by atoms with E-state index in [1.54, 1.807) is 36.7 Å². The summed E-state index contributed by atoms with van der Waals surface area (Å²) in [7, 11) is 0. The number of allylic oxidation sites excluding steroid dienone is 3. The predicted octanol–water partition coefficient (Wildman–Crippen LogP) is 1.90. The molecule has 0 aromatic carbocycles. The zero-order chi connectivity index (χ0) is 14.8. The van der Waals surface area contributed by atoms with Crippen LogP contribution in [0.5, 0.6) is 0 Å². The Bertz CT molecular complexity index is 721. The molecule has 0 aliphatic carbocycles. The third-order valence-electron chi connectivity index (χ3n) is 3.01. The van der Waals surface area contributed by atoms with Gasteiger partial charge in [-0.05, 0) is 31.2 Å². The zero-order valence-corrected chi connectivity index (χ0v) is 12.0. The average molecular weight is 300 g/mol. The minimum absolute atomic E-state index is 0.0674. The predicted molar refractivity (Wildman–Crippen MR) is 80.2 cm³/mol. The molecule has 0 saturated heterocycles. The topological polar surface area (TPSA) is 77.8 Å². The number of carbonyl (C=O) groups excluding carboxylic acids is 1. The second kappa shape index (κ2) is 5.45. The van der Waals surface area contributed by atoms with Gasteiger partial charge < -0.3 is 9.93 Å². The van der Waals surface area contributed by atoms with Crippen molar-refractivity contribution in [3.63, 3.8) is 0 Å². The summed E-state index contributed by atoms with van der Waals surface area (Å²) in [4.78, 5) is 16.7. The molecule has 3 heterocycles. The van der Waals surface area contributed by atoms with E-state index in [1.165, 1.54) is 12.1 Å². The number of nitrogens with zero attached hydrogens (tertiary/aromatic N) is 3. The molecule has 2 N–H and O–H groups in total. The van der Waals surface area contributed by atoms with Crippen LogP contribution in [0.25, 0.3) is 0 Å². The highest BCUT2D eigenvalue weighted by molar-refractivity contribution is 7.95. The summed E-state index contributed by atoms with van der Waals surface area (Å²) in [6.45, 7) is 1.81. The van der Waals surface area contributed by atoms with Crippen molar-refractivity contribution in [3.05, 3.63) is 65.4 Å². The fourth-order valence-electron chi connectivity index (χ4n) is 2.00. The number of aryl methyl sites for hydroxylation is 1. The Morgan fingerprint density at radius 3 is 3.10 bits per heavy atom. The van der Waals surface area contributed by atoms with Crippen molar-refractivity contribution in [3.8, 4) is 0 Å². The van der Waals surface area contributed by atoms with Crippen LogP contribution in [0, 0.1) is 6.92 Å². The van der Waals surface area contributed by atoms with Crippen molar-refractivity contribution >= 4 is 23.6 Å². The maximum atomic E-state index is 12.5. The fourth-order valence-corrected chi connectivity index (χ4v) is 2.62. The van der Waals surface area contributed by atoms with E-state index in [1.807, 2.05) is 17.3 Å². The Labute approximate surface area is 125 Å². The summed E-state index contributed by atoms with van der Waals surface area (Å²) < 4.78 is 4.87. The first kappa shape index (κ1) is 13.4. The highest BCUT2D eigenvalue weighted by Gasteiger charge is 2.24. The van der Waals surface area contributed by atoms with Crippen LogP contribution in [0.15, 0.2) is 59.2 Å². The molecular formula is C14H12N4O2S. The molecule has 21 heavy (non-hydrogen) atoms. The monoisotopic (exact) mass is 300 g/mol. The van der Waals surface area contributed by atoms with Crippen LogP contribution in [-0.4, -0.2) is 26.0 Å². The van der Waals surface area contributed by atoms with Gasteiger partial charge in [-0.25, -0.2) is 0 Å².